The Morgan fingerprint density at radius 1 is 1.24 bits per heavy atom. The van der Waals surface area contributed by atoms with Crippen LogP contribution in [0.15, 0.2) is 42.6 Å². The van der Waals surface area contributed by atoms with Crippen molar-refractivity contribution >= 4 is 17.5 Å². The number of benzene rings is 2. The third-order valence-corrected chi connectivity index (χ3v) is 5.00. The van der Waals surface area contributed by atoms with Crippen molar-refractivity contribution < 1.29 is 14.0 Å². The van der Waals surface area contributed by atoms with Gasteiger partial charge in [0, 0.05) is 12.1 Å². The first-order valence-electron chi connectivity index (χ1n) is 9.33. The normalized spacial score (nSPS) is 14.1. The maximum absolute atomic E-state index is 13.3. The van der Waals surface area contributed by atoms with E-state index in [0.717, 1.165) is 16.8 Å². The van der Waals surface area contributed by atoms with Gasteiger partial charge in [0.15, 0.2) is 5.69 Å². The van der Waals surface area contributed by atoms with Crippen LogP contribution in [-0.2, 0) is 11.2 Å². The molecule has 0 fully saturated rings. The summed E-state index contributed by atoms with van der Waals surface area (Å²) in [7, 11) is 0. The van der Waals surface area contributed by atoms with Crippen molar-refractivity contribution in [2.75, 3.05) is 5.32 Å². The number of hydrogen-bond acceptors (Lipinski definition) is 4. The van der Waals surface area contributed by atoms with E-state index in [0.29, 0.717) is 24.1 Å². The number of amides is 2. The second kappa shape index (κ2) is 7.46. The van der Waals surface area contributed by atoms with Crippen molar-refractivity contribution in [1.29, 1.82) is 0 Å². The lowest BCUT2D eigenvalue weighted by atomic mass is 9.98. The lowest BCUT2D eigenvalue weighted by molar-refractivity contribution is -0.116. The number of carbonyl (C=O) groups excluding carboxylic acids is 2. The first-order valence-corrected chi connectivity index (χ1v) is 9.33. The van der Waals surface area contributed by atoms with Crippen LogP contribution < -0.4 is 10.6 Å². The molecule has 4 rings (SSSR count). The Morgan fingerprint density at radius 3 is 2.86 bits per heavy atom. The Balaban J connectivity index is 1.48. The average molecular weight is 393 g/mol. The summed E-state index contributed by atoms with van der Waals surface area (Å²) in [5, 5.41) is 13.7. The summed E-state index contributed by atoms with van der Waals surface area (Å²) in [4.78, 5) is 24.1. The summed E-state index contributed by atoms with van der Waals surface area (Å²) < 4.78 is 14.8. The van der Waals surface area contributed by atoms with Crippen molar-refractivity contribution in [2.45, 2.75) is 32.7 Å². The number of rotatable bonds is 4. The van der Waals surface area contributed by atoms with E-state index in [-0.39, 0.29) is 29.4 Å². The lowest BCUT2D eigenvalue weighted by Crippen LogP contribution is -2.27. The fourth-order valence-corrected chi connectivity index (χ4v) is 3.39. The number of nitrogens with one attached hydrogen (secondary N) is 2. The van der Waals surface area contributed by atoms with E-state index in [1.165, 1.54) is 23.0 Å². The lowest BCUT2D eigenvalue weighted by Gasteiger charge is -2.20. The Kier molecular flexibility index (Phi) is 4.84. The molecule has 0 saturated heterocycles. The number of nitrogens with zero attached hydrogens (tertiary/aromatic N) is 3. The number of aryl methyl sites for hydroxylation is 2. The minimum absolute atomic E-state index is 0.0195. The van der Waals surface area contributed by atoms with Crippen LogP contribution in [0.2, 0.25) is 0 Å². The van der Waals surface area contributed by atoms with E-state index < -0.39 is 0 Å². The van der Waals surface area contributed by atoms with Crippen molar-refractivity contribution in [3.8, 4) is 5.69 Å². The minimum atomic E-state index is -0.352. The molecular formula is C21H20FN5O2. The Morgan fingerprint density at radius 2 is 2.07 bits per heavy atom. The van der Waals surface area contributed by atoms with Crippen LogP contribution >= 0.6 is 0 Å². The minimum Gasteiger partial charge on any atom is -0.344 e. The summed E-state index contributed by atoms with van der Waals surface area (Å²) in [5.41, 5.74) is 4.34. The number of halogens is 1. The van der Waals surface area contributed by atoms with Gasteiger partial charge < -0.3 is 10.6 Å². The third kappa shape index (κ3) is 3.87. The maximum atomic E-state index is 13.3. The molecule has 1 aliphatic rings. The first-order chi connectivity index (χ1) is 13.9. The summed E-state index contributed by atoms with van der Waals surface area (Å²) in [5.74, 6) is -0.664. The maximum Gasteiger partial charge on any atom is 0.273 e. The third-order valence-electron chi connectivity index (χ3n) is 5.00. The predicted molar refractivity (Wildman–Crippen MR) is 105 cm³/mol. The molecule has 148 valence electrons. The van der Waals surface area contributed by atoms with E-state index in [1.807, 2.05) is 25.1 Å². The fourth-order valence-electron chi connectivity index (χ4n) is 3.39. The topological polar surface area (TPSA) is 88.9 Å². The summed E-state index contributed by atoms with van der Waals surface area (Å²) >= 11 is 0. The number of fused-ring (bicyclic) bond motifs is 1. The average Bonchev–Trinajstić information content (AvgIpc) is 3.17. The quantitative estimate of drug-likeness (QED) is 0.713. The van der Waals surface area contributed by atoms with Crippen LogP contribution in [0.4, 0.5) is 10.1 Å². The molecule has 7 nitrogen and oxygen atoms in total. The van der Waals surface area contributed by atoms with Gasteiger partial charge in [0.2, 0.25) is 5.91 Å². The molecule has 2 amide bonds. The smallest absolute Gasteiger partial charge is 0.273 e. The van der Waals surface area contributed by atoms with Gasteiger partial charge in [-0.2, -0.15) is 0 Å². The number of anilines is 1. The Bertz CT molecular complexity index is 1110. The highest BCUT2D eigenvalue weighted by Gasteiger charge is 2.19. The second-order valence-corrected chi connectivity index (χ2v) is 7.14. The second-order valence-electron chi connectivity index (χ2n) is 7.14. The zero-order valence-electron chi connectivity index (χ0n) is 16.1. The van der Waals surface area contributed by atoms with Gasteiger partial charge in [-0.25, -0.2) is 9.07 Å². The molecule has 2 aromatic carbocycles. The predicted octanol–water partition coefficient (Wildman–Crippen LogP) is 3.09. The van der Waals surface area contributed by atoms with Gasteiger partial charge in [-0.05, 0) is 61.2 Å². The van der Waals surface area contributed by atoms with E-state index >= 15 is 0 Å². The molecule has 0 bridgehead atoms. The fraction of sp³-hybridized carbons (Fsp3) is 0.238. The van der Waals surface area contributed by atoms with E-state index in [4.69, 9.17) is 0 Å². The van der Waals surface area contributed by atoms with E-state index in [9.17, 15) is 14.0 Å². The summed E-state index contributed by atoms with van der Waals surface area (Å²) in [6.45, 7) is 3.65. The van der Waals surface area contributed by atoms with E-state index in [2.05, 4.69) is 20.9 Å². The standard InChI is InChI=1S/C21H20FN5O2/c1-12-9-16(22)5-7-19(12)27-11-18(25-26-27)21(29)23-13(2)14-3-6-17-15(10-14)4-8-20(28)24-17/h3,5-7,9-11,13H,4,8H2,1-2H3,(H,23,29)(H,24,28). The SMILES string of the molecule is Cc1cc(F)ccc1-n1cc(C(=O)NC(C)c2ccc3c(c2)CCC(=O)N3)nn1. The van der Waals surface area contributed by atoms with Gasteiger partial charge in [-0.1, -0.05) is 17.3 Å². The molecule has 1 atom stereocenters. The molecule has 2 heterocycles. The monoisotopic (exact) mass is 393 g/mol. The van der Waals surface area contributed by atoms with Gasteiger partial charge in [-0.3, -0.25) is 9.59 Å². The number of hydrogen-bond donors (Lipinski definition) is 2. The molecule has 1 aliphatic heterocycles. The van der Waals surface area contributed by atoms with Crippen molar-refractivity contribution in [1.82, 2.24) is 20.3 Å². The van der Waals surface area contributed by atoms with Gasteiger partial charge in [0.1, 0.15) is 5.82 Å². The molecule has 0 saturated carbocycles. The number of aromatic nitrogens is 3. The molecule has 29 heavy (non-hydrogen) atoms. The molecule has 1 unspecified atom stereocenters. The highest BCUT2D eigenvalue weighted by Crippen LogP contribution is 2.26. The first kappa shape index (κ1) is 18.8. The zero-order valence-corrected chi connectivity index (χ0v) is 16.1. The van der Waals surface area contributed by atoms with Crippen molar-refractivity contribution in [3.05, 3.63) is 70.8 Å². The van der Waals surface area contributed by atoms with Crippen LogP contribution in [0.5, 0.6) is 0 Å². The largest absolute Gasteiger partial charge is 0.344 e. The van der Waals surface area contributed by atoms with Gasteiger partial charge in [0.05, 0.1) is 17.9 Å². The zero-order chi connectivity index (χ0) is 20.5. The molecule has 2 N–H and O–H groups in total. The van der Waals surface area contributed by atoms with E-state index in [1.54, 1.807) is 13.0 Å². The van der Waals surface area contributed by atoms with Crippen molar-refractivity contribution in [3.63, 3.8) is 0 Å². The van der Waals surface area contributed by atoms with Crippen molar-refractivity contribution in [2.24, 2.45) is 0 Å². The molecular weight excluding hydrogens is 373 g/mol. The molecule has 3 aromatic rings. The van der Waals surface area contributed by atoms with Crippen LogP contribution in [0.3, 0.4) is 0 Å². The Hall–Kier alpha value is -3.55. The molecule has 0 radical (unpaired) electrons. The van der Waals surface area contributed by atoms with Gasteiger partial charge in [-0.15, -0.1) is 5.10 Å². The Labute approximate surface area is 166 Å². The molecule has 0 spiro atoms. The molecule has 0 aliphatic carbocycles. The summed E-state index contributed by atoms with van der Waals surface area (Å²) in [6, 6.07) is 9.82. The van der Waals surface area contributed by atoms with Crippen LogP contribution in [0.25, 0.3) is 5.69 Å². The number of carbonyl (C=O) groups is 2. The highest BCUT2D eigenvalue weighted by atomic mass is 19.1. The highest BCUT2D eigenvalue weighted by molar-refractivity contribution is 5.94. The molecule has 8 heteroatoms. The van der Waals surface area contributed by atoms with Crippen LogP contribution in [0.1, 0.15) is 46.6 Å². The molecule has 1 aromatic heterocycles. The van der Waals surface area contributed by atoms with Gasteiger partial charge >= 0.3 is 0 Å². The van der Waals surface area contributed by atoms with Crippen LogP contribution in [0, 0.1) is 12.7 Å². The summed E-state index contributed by atoms with van der Waals surface area (Å²) in [6.07, 6.45) is 2.66. The van der Waals surface area contributed by atoms with Gasteiger partial charge in [0.25, 0.3) is 5.91 Å². The van der Waals surface area contributed by atoms with Crippen LogP contribution in [-0.4, -0.2) is 26.8 Å².